The van der Waals surface area contributed by atoms with Crippen LogP contribution >= 0.6 is 0 Å². The molecule has 0 saturated heterocycles. The van der Waals surface area contributed by atoms with E-state index in [9.17, 15) is 4.79 Å². The van der Waals surface area contributed by atoms with Gasteiger partial charge < -0.3 is 10.1 Å². The standard InChI is InChI=1S/C20H33NO2/c1-6-9-18(7-2)23-15-14-21-19(22)17-10-8-12-20(5,13-11-17)16(3)4/h8,10-13,16,18H,6-7,9,14-15H2,1-5H3,(H,21,22). The van der Waals surface area contributed by atoms with Crippen LogP contribution in [0.25, 0.3) is 0 Å². The number of hydrogen-bond donors (Lipinski definition) is 1. The van der Waals surface area contributed by atoms with E-state index in [1.54, 1.807) is 0 Å². The highest BCUT2D eigenvalue weighted by Crippen LogP contribution is 2.32. The Morgan fingerprint density at radius 2 is 2.04 bits per heavy atom. The molecular formula is C20H33NO2. The van der Waals surface area contributed by atoms with Crippen LogP contribution < -0.4 is 5.32 Å². The Morgan fingerprint density at radius 1 is 1.30 bits per heavy atom. The van der Waals surface area contributed by atoms with E-state index in [-0.39, 0.29) is 11.3 Å². The summed E-state index contributed by atoms with van der Waals surface area (Å²) in [6, 6.07) is 0. The van der Waals surface area contributed by atoms with Gasteiger partial charge in [-0.2, -0.15) is 0 Å². The second-order valence-corrected chi connectivity index (χ2v) is 6.78. The molecule has 0 aromatic carbocycles. The van der Waals surface area contributed by atoms with Gasteiger partial charge in [-0.1, -0.05) is 65.3 Å². The molecule has 23 heavy (non-hydrogen) atoms. The fourth-order valence-corrected chi connectivity index (χ4v) is 2.50. The van der Waals surface area contributed by atoms with E-state index in [1.165, 1.54) is 0 Å². The van der Waals surface area contributed by atoms with Crippen LogP contribution in [0.4, 0.5) is 0 Å². The molecule has 0 aromatic heterocycles. The zero-order valence-corrected chi connectivity index (χ0v) is 15.4. The smallest absolute Gasteiger partial charge is 0.251 e. The molecule has 1 aliphatic carbocycles. The summed E-state index contributed by atoms with van der Waals surface area (Å²) in [7, 11) is 0. The minimum absolute atomic E-state index is 0.00383. The molecule has 3 nitrogen and oxygen atoms in total. The number of carbonyl (C=O) groups excluding carboxylic acids is 1. The normalized spacial score (nSPS) is 21.9. The first-order chi connectivity index (χ1) is 10.9. The maximum atomic E-state index is 12.3. The SMILES string of the molecule is CCCC(CC)OCCNC(=O)C1=CC=CC(C)(C(C)C)C=C1. The van der Waals surface area contributed by atoms with E-state index in [0.29, 0.717) is 30.7 Å². The molecule has 2 unspecified atom stereocenters. The van der Waals surface area contributed by atoms with E-state index < -0.39 is 0 Å². The molecule has 0 fully saturated rings. The summed E-state index contributed by atoms with van der Waals surface area (Å²) in [5.41, 5.74) is 0.696. The van der Waals surface area contributed by atoms with Crippen molar-refractivity contribution in [1.82, 2.24) is 5.32 Å². The topological polar surface area (TPSA) is 38.3 Å². The quantitative estimate of drug-likeness (QED) is 0.639. The Bertz CT molecular complexity index is 462. The van der Waals surface area contributed by atoms with Gasteiger partial charge in [0, 0.05) is 17.5 Å². The summed E-state index contributed by atoms with van der Waals surface area (Å²) in [5, 5.41) is 2.94. The average Bonchev–Trinajstić information content (AvgIpc) is 2.73. The minimum Gasteiger partial charge on any atom is -0.376 e. The summed E-state index contributed by atoms with van der Waals surface area (Å²) >= 11 is 0. The molecule has 0 heterocycles. The maximum Gasteiger partial charge on any atom is 0.251 e. The Morgan fingerprint density at radius 3 is 2.65 bits per heavy atom. The molecule has 0 bridgehead atoms. The van der Waals surface area contributed by atoms with Crippen molar-refractivity contribution >= 4 is 5.91 Å². The predicted octanol–water partition coefficient (Wildman–Crippen LogP) is 4.41. The van der Waals surface area contributed by atoms with Crippen LogP contribution in [0.2, 0.25) is 0 Å². The number of carbonyl (C=O) groups is 1. The molecule has 0 aromatic rings. The Labute approximate surface area is 141 Å². The Kier molecular flexibility index (Phi) is 8.32. The monoisotopic (exact) mass is 319 g/mol. The van der Waals surface area contributed by atoms with Gasteiger partial charge >= 0.3 is 0 Å². The number of ether oxygens (including phenoxy) is 1. The fraction of sp³-hybridized carbons (Fsp3) is 0.650. The second kappa shape index (κ2) is 9.71. The van der Waals surface area contributed by atoms with Crippen molar-refractivity contribution in [2.75, 3.05) is 13.2 Å². The van der Waals surface area contributed by atoms with Crippen LogP contribution in [0.3, 0.4) is 0 Å². The zero-order chi connectivity index (χ0) is 17.3. The van der Waals surface area contributed by atoms with Gasteiger partial charge in [0.05, 0.1) is 12.7 Å². The molecule has 0 spiro atoms. The van der Waals surface area contributed by atoms with Crippen LogP contribution in [0.5, 0.6) is 0 Å². The predicted molar refractivity (Wildman–Crippen MR) is 97.3 cm³/mol. The third-order valence-corrected chi connectivity index (χ3v) is 4.67. The van der Waals surface area contributed by atoms with Gasteiger partial charge in [0.15, 0.2) is 0 Å². The number of nitrogens with one attached hydrogen (secondary N) is 1. The lowest BCUT2D eigenvalue weighted by Crippen LogP contribution is -2.29. The first kappa shape index (κ1) is 19.7. The van der Waals surface area contributed by atoms with E-state index >= 15 is 0 Å². The van der Waals surface area contributed by atoms with Crippen molar-refractivity contribution in [3.8, 4) is 0 Å². The molecular weight excluding hydrogens is 286 g/mol. The Balaban J connectivity index is 2.44. The van der Waals surface area contributed by atoms with Gasteiger partial charge in [-0.05, 0) is 24.8 Å². The first-order valence-corrected chi connectivity index (χ1v) is 8.91. The molecule has 0 aliphatic heterocycles. The lowest BCUT2D eigenvalue weighted by atomic mass is 9.79. The highest BCUT2D eigenvalue weighted by molar-refractivity contribution is 5.96. The molecule has 0 saturated carbocycles. The van der Waals surface area contributed by atoms with Crippen molar-refractivity contribution < 1.29 is 9.53 Å². The van der Waals surface area contributed by atoms with Gasteiger partial charge in [0.25, 0.3) is 5.91 Å². The lowest BCUT2D eigenvalue weighted by Gasteiger charge is -2.26. The van der Waals surface area contributed by atoms with Gasteiger partial charge in [-0.15, -0.1) is 0 Å². The van der Waals surface area contributed by atoms with Crippen LogP contribution in [0, 0.1) is 11.3 Å². The summed E-state index contributed by atoms with van der Waals surface area (Å²) in [4.78, 5) is 12.3. The third-order valence-electron chi connectivity index (χ3n) is 4.67. The summed E-state index contributed by atoms with van der Waals surface area (Å²) in [5.74, 6) is 0.454. The number of hydrogen-bond acceptors (Lipinski definition) is 2. The largest absolute Gasteiger partial charge is 0.376 e. The van der Waals surface area contributed by atoms with Gasteiger partial charge in [-0.3, -0.25) is 4.79 Å². The van der Waals surface area contributed by atoms with Gasteiger partial charge in [-0.25, -0.2) is 0 Å². The van der Waals surface area contributed by atoms with Crippen molar-refractivity contribution in [2.45, 2.75) is 60.0 Å². The summed E-state index contributed by atoms with van der Waals surface area (Å²) in [6.07, 6.45) is 13.6. The second-order valence-electron chi connectivity index (χ2n) is 6.78. The number of allylic oxidation sites excluding steroid dienone is 4. The van der Waals surface area contributed by atoms with Crippen molar-refractivity contribution in [3.05, 3.63) is 36.0 Å². The lowest BCUT2D eigenvalue weighted by molar-refractivity contribution is -0.117. The molecule has 2 atom stereocenters. The van der Waals surface area contributed by atoms with Crippen LogP contribution in [0.1, 0.15) is 53.9 Å². The van der Waals surface area contributed by atoms with Crippen LogP contribution in [-0.2, 0) is 9.53 Å². The van der Waals surface area contributed by atoms with Crippen molar-refractivity contribution in [3.63, 3.8) is 0 Å². The molecule has 1 amide bonds. The van der Waals surface area contributed by atoms with E-state index in [4.69, 9.17) is 4.74 Å². The highest BCUT2D eigenvalue weighted by Gasteiger charge is 2.23. The average molecular weight is 319 g/mol. The molecule has 0 radical (unpaired) electrons. The van der Waals surface area contributed by atoms with Crippen molar-refractivity contribution in [2.24, 2.45) is 11.3 Å². The maximum absolute atomic E-state index is 12.3. The molecule has 3 heteroatoms. The number of rotatable bonds is 9. The van der Waals surface area contributed by atoms with Crippen LogP contribution in [-0.4, -0.2) is 25.2 Å². The van der Waals surface area contributed by atoms with E-state index in [0.717, 1.165) is 19.3 Å². The highest BCUT2D eigenvalue weighted by atomic mass is 16.5. The van der Waals surface area contributed by atoms with Gasteiger partial charge in [0.2, 0.25) is 0 Å². The molecule has 1 aliphatic rings. The zero-order valence-electron chi connectivity index (χ0n) is 15.4. The summed E-state index contributed by atoms with van der Waals surface area (Å²) < 4.78 is 5.79. The molecule has 1 rings (SSSR count). The van der Waals surface area contributed by atoms with E-state index in [2.05, 4.69) is 52.1 Å². The molecule has 130 valence electrons. The van der Waals surface area contributed by atoms with Gasteiger partial charge in [0.1, 0.15) is 0 Å². The molecule has 1 N–H and O–H groups in total. The Hall–Kier alpha value is -1.35. The first-order valence-electron chi connectivity index (χ1n) is 8.91. The van der Waals surface area contributed by atoms with Crippen molar-refractivity contribution in [1.29, 1.82) is 0 Å². The summed E-state index contributed by atoms with van der Waals surface area (Å²) in [6.45, 7) is 12.0. The third kappa shape index (κ3) is 6.34. The minimum atomic E-state index is -0.0361. The fourth-order valence-electron chi connectivity index (χ4n) is 2.50. The van der Waals surface area contributed by atoms with Crippen LogP contribution in [0.15, 0.2) is 36.0 Å². The number of amides is 1. The van der Waals surface area contributed by atoms with E-state index in [1.807, 2.05) is 18.2 Å².